The topological polar surface area (TPSA) is 58.6 Å². The molecule has 1 amide bonds. The minimum Gasteiger partial charge on any atom is -0.482 e. The van der Waals surface area contributed by atoms with Crippen LogP contribution in [0.1, 0.15) is 35.2 Å². The molecular formula is C22H25FN2O3. The quantitative estimate of drug-likeness (QED) is 0.529. The van der Waals surface area contributed by atoms with Crippen LogP contribution in [0.15, 0.2) is 42.5 Å². The minimum atomic E-state index is -0.212. The average molecular weight is 384 g/mol. The second-order valence-corrected chi connectivity index (χ2v) is 7.07. The number of carbonyl (C=O) groups excluding carboxylic acids is 2. The highest BCUT2D eigenvalue weighted by molar-refractivity contribution is 6.00. The average Bonchev–Trinajstić information content (AvgIpc) is 2.69. The summed E-state index contributed by atoms with van der Waals surface area (Å²) >= 11 is 0. The highest BCUT2D eigenvalue weighted by Crippen LogP contribution is 2.29. The van der Waals surface area contributed by atoms with Crippen molar-refractivity contribution >= 4 is 17.4 Å². The summed E-state index contributed by atoms with van der Waals surface area (Å²) in [5.41, 5.74) is 1.86. The fourth-order valence-electron chi connectivity index (χ4n) is 3.19. The molecule has 1 aliphatic rings. The van der Waals surface area contributed by atoms with Crippen molar-refractivity contribution in [1.29, 1.82) is 0 Å². The molecule has 1 aliphatic heterocycles. The molecule has 0 saturated carbocycles. The number of carbonyl (C=O) groups is 2. The molecule has 0 radical (unpaired) electrons. The lowest BCUT2D eigenvalue weighted by Gasteiger charge is -2.18. The van der Waals surface area contributed by atoms with E-state index >= 15 is 0 Å². The zero-order valence-corrected chi connectivity index (χ0v) is 16.0. The number of ether oxygens (including phenoxy) is 1. The molecule has 0 atom stereocenters. The van der Waals surface area contributed by atoms with E-state index < -0.39 is 0 Å². The van der Waals surface area contributed by atoms with Gasteiger partial charge >= 0.3 is 0 Å². The molecule has 0 aromatic heterocycles. The number of unbranched alkanes of at least 4 members (excludes halogenated alkanes) is 1. The third-order valence-corrected chi connectivity index (χ3v) is 4.85. The van der Waals surface area contributed by atoms with Gasteiger partial charge in [-0.1, -0.05) is 18.2 Å². The molecule has 3 rings (SSSR count). The number of likely N-dealkylation sites (N-methyl/N-ethyl adjacent to an activating group) is 1. The Morgan fingerprint density at radius 2 is 2.00 bits per heavy atom. The number of hydrogen-bond donors (Lipinski definition) is 1. The van der Waals surface area contributed by atoms with Crippen LogP contribution in [0.4, 0.5) is 10.1 Å². The first-order chi connectivity index (χ1) is 13.5. The highest BCUT2D eigenvalue weighted by Gasteiger charge is 2.17. The van der Waals surface area contributed by atoms with E-state index in [9.17, 15) is 14.0 Å². The minimum absolute atomic E-state index is 0.00469. The number of Topliss-reactive ketones (excluding diaryl/α,β-unsaturated/α-hetero) is 1. The Hall–Kier alpha value is -2.73. The standard InChI is InChI=1S/C22H25FN2O3/c1-25(13-11-16-6-2-3-7-18(16)23)12-5-4-8-20(26)17-9-10-21-19(14-17)24-22(27)15-28-21/h2-3,6-7,9-10,14H,4-5,8,11-13,15H2,1H3,(H,24,27). The molecular weight excluding hydrogens is 359 g/mol. The maximum atomic E-state index is 13.6. The van der Waals surface area contributed by atoms with Gasteiger partial charge in [-0.3, -0.25) is 9.59 Å². The van der Waals surface area contributed by atoms with Crippen LogP contribution in [0.5, 0.6) is 5.75 Å². The summed E-state index contributed by atoms with van der Waals surface area (Å²) in [6.45, 7) is 1.64. The largest absolute Gasteiger partial charge is 0.482 e. The van der Waals surface area contributed by atoms with Crippen LogP contribution in [0, 0.1) is 5.82 Å². The molecule has 0 unspecified atom stereocenters. The summed E-state index contributed by atoms with van der Waals surface area (Å²) in [5, 5.41) is 2.72. The molecule has 148 valence electrons. The van der Waals surface area contributed by atoms with Crippen LogP contribution in [-0.2, 0) is 11.2 Å². The van der Waals surface area contributed by atoms with E-state index in [1.54, 1.807) is 24.3 Å². The van der Waals surface area contributed by atoms with Gasteiger partial charge in [-0.05, 0) is 62.7 Å². The third kappa shape index (κ3) is 5.39. The Kier molecular flexibility index (Phi) is 6.76. The highest BCUT2D eigenvalue weighted by atomic mass is 19.1. The third-order valence-electron chi connectivity index (χ3n) is 4.85. The van der Waals surface area contributed by atoms with Gasteiger partial charge in [-0.15, -0.1) is 0 Å². The Bertz CT molecular complexity index is 853. The van der Waals surface area contributed by atoms with E-state index in [0.29, 0.717) is 29.8 Å². The summed E-state index contributed by atoms with van der Waals surface area (Å²) in [5.74, 6) is 0.271. The smallest absolute Gasteiger partial charge is 0.262 e. The Morgan fingerprint density at radius 1 is 1.18 bits per heavy atom. The van der Waals surface area contributed by atoms with E-state index in [2.05, 4.69) is 10.2 Å². The Balaban J connectivity index is 1.39. The van der Waals surface area contributed by atoms with E-state index in [-0.39, 0.29) is 24.1 Å². The van der Waals surface area contributed by atoms with Crippen molar-refractivity contribution < 1.29 is 18.7 Å². The number of nitrogens with zero attached hydrogens (tertiary/aromatic N) is 1. The number of fused-ring (bicyclic) bond motifs is 1. The fourth-order valence-corrected chi connectivity index (χ4v) is 3.19. The molecule has 28 heavy (non-hydrogen) atoms. The molecule has 5 nitrogen and oxygen atoms in total. The van der Waals surface area contributed by atoms with Gasteiger partial charge in [0.1, 0.15) is 11.6 Å². The summed E-state index contributed by atoms with van der Waals surface area (Å²) in [7, 11) is 2.01. The molecule has 1 N–H and O–H groups in total. The van der Waals surface area contributed by atoms with E-state index in [0.717, 1.165) is 31.5 Å². The number of halogens is 1. The number of rotatable bonds is 9. The lowest BCUT2D eigenvalue weighted by molar-refractivity contribution is -0.118. The SMILES string of the molecule is CN(CCCCC(=O)c1ccc2c(c1)NC(=O)CO2)CCc1ccccc1F. The van der Waals surface area contributed by atoms with Gasteiger partial charge in [-0.2, -0.15) is 0 Å². The number of ketones is 1. The Morgan fingerprint density at radius 3 is 2.82 bits per heavy atom. The molecule has 0 bridgehead atoms. The van der Waals surface area contributed by atoms with Crippen molar-refractivity contribution in [3.8, 4) is 5.75 Å². The summed E-state index contributed by atoms with van der Waals surface area (Å²) in [6, 6.07) is 12.0. The molecule has 0 fully saturated rings. The summed E-state index contributed by atoms with van der Waals surface area (Å²) < 4.78 is 18.9. The first kappa shape index (κ1) is 20.0. The van der Waals surface area contributed by atoms with E-state index in [4.69, 9.17) is 4.74 Å². The van der Waals surface area contributed by atoms with E-state index in [1.807, 2.05) is 19.2 Å². The fraction of sp³-hybridized carbons (Fsp3) is 0.364. The maximum absolute atomic E-state index is 13.6. The number of hydrogen-bond acceptors (Lipinski definition) is 4. The number of amides is 1. The van der Waals surface area contributed by atoms with Gasteiger partial charge in [0.25, 0.3) is 5.91 Å². The van der Waals surface area contributed by atoms with Crippen LogP contribution in [0.3, 0.4) is 0 Å². The second kappa shape index (κ2) is 9.46. The first-order valence-electron chi connectivity index (χ1n) is 9.55. The molecule has 1 heterocycles. The van der Waals surface area contributed by atoms with Gasteiger partial charge in [0.2, 0.25) is 0 Å². The predicted octanol–water partition coefficient (Wildman–Crippen LogP) is 3.68. The number of benzene rings is 2. The monoisotopic (exact) mass is 384 g/mol. The van der Waals surface area contributed by atoms with Gasteiger partial charge in [-0.25, -0.2) is 4.39 Å². The Labute approximate surface area is 164 Å². The van der Waals surface area contributed by atoms with Gasteiger partial charge in [0, 0.05) is 18.5 Å². The van der Waals surface area contributed by atoms with E-state index in [1.165, 1.54) is 6.07 Å². The van der Waals surface area contributed by atoms with Crippen molar-refractivity contribution in [2.24, 2.45) is 0 Å². The maximum Gasteiger partial charge on any atom is 0.262 e. The van der Waals surface area contributed by atoms with Crippen molar-refractivity contribution in [3.05, 3.63) is 59.4 Å². The van der Waals surface area contributed by atoms with Crippen LogP contribution >= 0.6 is 0 Å². The lowest BCUT2D eigenvalue weighted by Crippen LogP contribution is -2.25. The molecule has 6 heteroatoms. The van der Waals surface area contributed by atoms with Crippen LogP contribution in [0.2, 0.25) is 0 Å². The molecule has 0 spiro atoms. The number of anilines is 1. The normalized spacial score (nSPS) is 13.0. The molecule has 2 aromatic rings. The summed E-state index contributed by atoms with van der Waals surface area (Å²) in [6.07, 6.45) is 2.80. The lowest BCUT2D eigenvalue weighted by atomic mass is 10.0. The molecule has 2 aromatic carbocycles. The van der Waals surface area contributed by atoms with Crippen molar-refractivity contribution in [2.45, 2.75) is 25.7 Å². The van der Waals surface area contributed by atoms with Gasteiger partial charge in [0.15, 0.2) is 12.4 Å². The predicted molar refractivity (Wildman–Crippen MR) is 106 cm³/mol. The molecule has 0 saturated heterocycles. The molecule has 0 aliphatic carbocycles. The zero-order valence-electron chi connectivity index (χ0n) is 16.0. The van der Waals surface area contributed by atoms with Crippen LogP contribution in [0.25, 0.3) is 0 Å². The summed E-state index contributed by atoms with van der Waals surface area (Å²) in [4.78, 5) is 25.9. The van der Waals surface area contributed by atoms with Crippen molar-refractivity contribution in [2.75, 3.05) is 32.1 Å². The first-order valence-corrected chi connectivity index (χ1v) is 9.55. The van der Waals surface area contributed by atoms with Crippen molar-refractivity contribution in [1.82, 2.24) is 4.90 Å². The van der Waals surface area contributed by atoms with Gasteiger partial charge in [0.05, 0.1) is 5.69 Å². The number of nitrogens with one attached hydrogen (secondary N) is 1. The van der Waals surface area contributed by atoms with Crippen LogP contribution in [-0.4, -0.2) is 43.3 Å². The van der Waals surface area contributed by atoms with Crippen LogP contribution < -0.4 is 10.1 Å². The van der Waals surface area contributed by atoms with Gasteiger partial charge < -0.3 is 15.0 Å². The second-order valence-electron chi connectivity index (χ2n) is 7.07. The van der Waals surface area contributed by atoms with Crippen molar-refractivity contribution in [3.63, 3.8) is 0 Å². The zero-order chi connectivity index (χ0) is 19.9.